The first kappa shape index (κ1) is 19.8. The molecular weight excluding hydrogens is 351 g/mol. The van der Waals surface area contributed by atoms with Gasteiger partial charge in [-0.3, -0.25) is 9.36 Å². The molecule has 2 heterocycles. The van der Waals surface area contributed by atoms with Crippen LogP contribution in [0.15, 0.2) is 24.2 Å². The van der Waals surface area contributed by atoms with Gasteiger partial charge < -0.3 is 33.9 Å². The average Bonchev–Trinajstić information content (AvgIpc) is 2.95. The molecule has 1 saturated heterocycles. The normalized spacial score (nSPS) is 27.9. The van der Waals surface area contributed by atoms with Crippen LogP contribution in [0, 0.1) is 0 Å². The van der Waals surface area contributed by atoms with E-state index < -0.39 is 20.6 Å². The van der Waals surface area contributed by atoms with E-state index in [2.05, 4.69) is 11.9 Å². The Bertz CT molecular complexity index is 607. The molecule has 0 saturated carbocycles. The van der Waals surface area contributed by atoms with Crippen molar-refractivity contribution in [3.8, 4) is 0 Å². The molecule has 2 N–H and O–H groups in total. The molecule has 1 amide bonds. The number of carbonyl (C=O) groups excluding carboxylic acids is 2. The topological polar surface area (TPSA) is 114 Å². The Labute approximate surface area is 146 Å². The fraction of sp³-hybridized carbons (Fsp3) is 0.600. The first-order valence-electron chi connectivity index (χ1n) is 7.84. The molecule has 4 unspecified atom stereocenters. The lowest BCUT2D eigenvalue weighted by atomic mass is 10.1. The second-order valence-corrected chi connectivity index (χ2v) is 6.70. The maximum atomic E-state index is 12.0. The van der Waals surface area contributed by atoms with Gasteiger partial charge in [0.15, 0.2) is 0 Å². The minimum Gasteiger partial charge on any atom is -0.378 e. The van der Waals surface area contributed by atoms with Gasteiger partial charge in [0.05, 0.1) is 12.7 Å². The maximum Gasteiger partial charge on any atom is 0.316 e. The maximum absolute atomic E-state index is 12.0. The summed E-state index contributed by atoms with van der Waals surface area (Å²) in [7, 11) is -1.53. The predicted octanol–water partition coefficient (Wildman–Crippen LogP) is 0.671. The van der Waals surface area contributed by atoms with Crippen LogP contribution in [0.5, 0.6) is 0 Å². The van der Waals surface area contributed by atoms with Crippen LogP contribution in [0.2, 0.25) is 0 Å². The Morgan fingerprint density at radius 3 is 2.92 bits per heavy atom. The number of ether oxygens (including phenoxy) is 2. The molecule has 0 aromatic rings. The second-order valence-electron chi connectivity index (χ2n) is 5.88. The summed E-state index contributed by atoms with van der Waals surface area (Å²) < 4.78 is 26.7. The zero-order valence-electron chi connectivity index (χ0n) is 14.2. The lowest BCUT2D eigenvalue weighted by Crippen LogP contribution is -2.43. The minimum absolute atomic E-state index is 0.00217. The molecule has 4 atom stereocenters. The SMILES string of the molecule is C=C1NC(=O)C(CCC(C)=O)=CN1C1CC(OC)C(CO[PH](=O)O)O1. The fourth-order valence-corrected chi connectivity index (χ4v) is 3.06. The Hall–Kier alpha value is -1.51. The summed E-state index contributed by atoms with van der Waals surface area (Å²) in [5.41, 5.74) is 0.459. The summed E-state index contributed by atoms with van der Waals surface area (Å²) in [6, 6.07) is 0. The number of Topliss-reactive ketones (excluding diaryl/α,β-unsaturated/α-hetero) is 1. The van der Waals surface area contributed by atoms with Crippen LogP contribution in [0.4, 0.5) is 0 Å². The van der Waals surface area contributed by atoms with E-state index in [-0.39, 0.29) is 30.8 Å². The van der Waals surface area contributed by atoms with Crippen LogP contribution >= 0.6 is 8.25 Å². The highest BCUT2D eigenvalue weighted by atomic mass is 31.1. The molecule has 2 rings (SSSR count). The van der Waals surface area contributed by atoms with Gasteiger partial charge in [0, 0.05) is 31.7 Å². The van der Waals surface area contributed by atoms with Crippen molar-refractivity contribution in [2.24, 2.45) is 0 Å². The molecule has 0 aliphatic carbocycles. The van der Waals surface area contributed by atoms with E-state index >= 15 is 0 Å². The second kappa shape index (κ2) is 8.73. The summed E-state index contributed by atoms with van der Waals surface area (Å²) >= 11 is 0. The van der Waals surface area contributed by atoms with Crippen LogP contribution in [0.25, 0.3) is 0 Å². The molecule has 0 aromatic heterocycles. The first-order chi connectivity index (χ1) is 11.8. The molecule has 0 bridgehead atoms. The average molecular weight is 374 g/mol. The van der Waals surface area contributed by atoms with Crippen molar-refractivity contribution >= 4 is 19.9 Å². The first-order valence-corrected chi connectivity index (χ1v) is 9.11. The summed E-state index contributed by atoms with van der Waals surface area (Å²) in [6.07, 6.45) is 1.36. The fourth-order valence-electron chi connectivity index (χ4n) is 2.75. The van der Waals surface area contributed by atoms with Gasteiger partial charge in [-0.2, -0.15) is 0 Å². The van der Waals surface area contributed by atoms with E-state index in [1.54, 1.807) is 11.1 Å². The highest BCUT2D eigenvalue weighted by Gasteiger charge is 2.40. The van der Waals surface area contributed by atoms with Crippen LogP contribution in [0.3, 0.4) is 0 Å². The third-order valence-electron chi connectivity index (χ3n) is 4.07. The molecule has 10 heteroatoms. The Balaban J connectivity index is 2.09. The van der Waals surface area contributed by atoms with E-state index in [0.717, 1.165) is 0 Å². The predicted molar refractivity (Wildman–Crippen MR) is 88.4 cm³/mol. The number of methoxy groups -OCH3 is 1. The molecule has 9 nitrogen and oxygen atoms in total. The number of hydrogen-bond donors (Lipinski definition) is 2. The van der Waals surface area contributed by atoms with E-state index in [1.807, 2.05) is 0 Å². The van der Waals surface area contributed by atoms with Crippen molar-refractivity contribution in [2.45, 2.75) is 44.6 Å². The van der Waals surface area contributed by atoms with E-state index in [0.29, 0.717) is 24.2 Å². The van der Waals surface area contributed by atoms with Gasteiger partial charge in [-0.15, -0.1) is 0 Å². The Morgan fingerprint density at radius 1 is 1.60 bits per heavy atom. The third kappa shape index (κ3) is 5.23. The molecule has 0 radical (unpaired) electrons. The van der Waals surface area contributed by atoms with Crippen LogP contribution in [-0.2, 0) is 28.2 Å². The highest BCUT2D eigenvalue weighted by molar-refractivity contribution is 7.32. The zero-order chi connectivity index (χ0) is 18.6. The number of carbonyl (C=O) groups is 2. The van der Waals surface area contributed by atoms with Gasteiger partial charge in [-0.05, 0) is 13.3 Å². The Morgan fingerprint density at radius 2 is 2.32 bits per heavy atom. The van der Waals surface area contributed by atoms with Gasteiger partial charge >= 0.3 is 8.25 Å². The molecule has 25 heavy (non-hydrogen) atoms. The molecule has 2 aliphatic rings. The number of hydrogen-bond acceptors (Lipinski definition) is 7. The van der Waals surface area contributed by atoms with Gasteiger partial charge in [0.1, 0.15) is 23.9 Å². The molecule has 1 fully saturated rings. The smallest absolute Gasteiger partial charge is 0.316 e. The van der Waals surface area contributed by atoms with Crippen molar-refractivity contribution in [2.75, 3.05) is 13.7 Å². The van der Waals surface area contributed by atoms with Crippen molar-refractivity contribution < 1.29 is 33.0 Å². The van der Waals surface area contributed by atoms with Crippen LogP contribution in [0.1, 0.15) is 26.2 Å². The van der Waals surface area contributed by atoms with Crippen molar-refractivity contribution in [3.05, 3.63) is 24.2 Å². The number of rotatable bonds is 8. The van der Waals surface area contributed by atoms with Crippen LogP contribution in [-0.4, -0.2) is 53.6 Å². The number of nitrogens with zero attached hydrogens (tertiary/aromatic N) is 1. The largest absolute Gasteiger partial charge is 0.378 e. The summed E-state index contributed by atoms with van der Waals surface area (Å²) in [5, 5.41) is 2.65. The van der Waals surface area contributed by atoms with E-state index in [1.165, 1.54) is 14.0 Å². The van der Waals surface area contributed by atoms with Crippen molar-refractivity contribution in [3.63, 3.8) is 0 Å². The van der Waals surface area contributed by atoms with Gasteiger partial charge in [0.25, 0.3) is 5.91 Å². The highest BCUT2D eigenvalue weighted by Crippen LogP contribution is 2.31. The number of amides is 1. The Kier molecular flexibility index (Phi) is 6.92. The molecule has 0 spiro atoms. The van der Waals surface area contributed by atoms with Crippen molar-refractivity contribution in [1.82, 2.24) is 10.2 Å². The summed E-state index contributed by atoms with van der Waals surface area (Å²) in [6.45, 7) is 5.21. The molecule has 140 valence electrons. The monoisotopic (exact) mass is 374 g/mol. The van der Waals surface area contributed by atoms with E-state index in [9.17, 15) is 14.2 Å². The molecule has 2 aliphatic heterocycles. The summed E-state index contributed by atoms with van der Waals surface area (Å²) in [4.78, 5) is 33.7. The molecular formula is C15H23N2O7P. The third-order valence-corrected chi connectivity index (χ3v) is 4.48. The quantitative estimate of drug-likeness (QED) is 0.596. The van der Waals surface area contributed by atoms with Gasteiger partial charge in [-0.1, -0.05) is 6.58 Å². The number of ketones is 1. The zero-order valence-corrected chi connectivity index (χ0v) is 15.2. The summed E-state index contributed by atoms with van der Waals surface area (Å²) in [5.74, 6) is 0.0638. The van der Waals surface area contributed by atoms with Gasteiger partial charge in [0.2, 0.25) is 0 Å². The van der Waals surface area contributed by atoms with Crippen molar-refractivity contribution in [1.29, 1.82) is 0 Å². The lowest BCUT2D eigenvalue weighted by molar-refractivity contribution is -0.119. The number of nitrogens with one attached hydrogen (secondary N) is 1. The van der Waals surface area contributed by atoms with Gasteiger partial charge in [-0.25, -0.2) is 0 Å². The molecule has 0 aromatic carbocycles. The van der Waals surface area contributed by atoms with E-state index in [4.69, 9.17) is 18.9 Å². The lowest BCUT2D eigenvalue weighted by Gasteiger charge is -2.33. The standard InChI is InChI=1S/C15H23N2O7P/c1-9(18)4-5-11-7-17(10(2)16-15(11)19)14-6-12(22-3)13(24-14)8-23-25(20)21/h7,12-14,25H,2,4-6,8H2,1,3H3,(H,16,19)(H,20,21). The van der Waals surface area contributed by atoms with Crippen LogP contribution < -0.4 is 5.32 Å². The minimum atomic E-state index is -3.05.